The predicted octanol–water partition coefficient (Wildman–Crippen LogP) is 2.41. The molecule has 2 atom stereocenters. The van der Waals surface area contributed by atoms with Gasteiger partial charge < -0.3 is 9.64 Å². The summed E-state index contributed by atoms with van der Waals surface area (Å²) in [6.45, 7) is 2.27. The Balaban J connectivity index is 1.51. The van der Waals surface area contributed by atoms with Gasteiger partial charge in [-0.2, -0.15) is 5.10 Å². The van der Waals surface area contributed by atoms with Gasteiger partial charge in [0.1, 0.15) is 5.75 Å². The molecule has 3 heterocycles. The van der Waals surface area contributed by atoms with Crippen molar-refractivity contribution in [1.82, 2.24) is 5.01 Å². The summed E-state index contributed by atoms with van der Waals surface area (Å²) in [5.74, 6) is 1.54. The molecule has 4 nitrogen and oxygen atoms in total. The van der Waals surface area contributed by atoms with Crippen molar-refractivity contribution in [2.24, 2.45) is 11.0 Å². The first-order valence-corrected chi connectivity index (χ1v) is 10.3. The first kappa shape index (κ1) is 15.7. The number of para-hydroxylation sites is 1. The van der Waals surface area contributed by atoms with Crippen molar-refractivity contribution in [1.29, 1.82) is 0 Å². The number of hydrogen-bond donors (Lipinski definition) is 1. The molecule has 0 saturated carbocycles. The van der Waals surface area contributed by atoms with Crippen LogP contribution in [0, 0.1) is 5.92 Å². The Kier molecular flexibility index (Phi) is 3.25. The molecule has 27 heavy (non-hydrogen) atoms. The molecule has 0 bridgehead atoms. The molecule has 6 rings (SSSR count). The third-order valence-electron chi connectivity index (χ3n) is 7.07. The maximum Gasteiger partial charge on any atom is 0.208 e. The van der Waals surface area contributed by atoms with Crippen molar-refractivity contribution in [3.63, 3.8) is 0 Å². The molecular formula is C23H26N3O+. The van der Waals surface area contributed by atoms with Gasteiger partial charge in [-0.25, -0.2) is 5.01 Å². The number of aryl methyl sites for hydroxylation is 1. The Morgan fingerprint density at radius 1 is 1.07 bits per heavy atom. The van der Waals surface area contributed by atoms with Crippen LogP contribution in [0.5, 0.6) is 5.75 Å². The molecule has 0 radical (unpaired) electrons. The minimum Gasteiger partial charge on any atom is -0.466 e. The van der Waals surface area contributed by atoms with Gasteiger partial charge in [0, 0.05) is 17.0 Å². The van der Waals surface area contributed by atoms with E-state index in [-0.39, 0.29) is 5.72 Å². The highest BCUT2D eigenvalue weighted by Gasteiger charge is 2.56. The zero-order valence-corrected chi connectivity index (χ0v) is 15.8. The van der Waals surface area contributed by atoms with E-state index in [1.165, 1.54) is 28.8 Å². The van der Waals surface area contributed by atoms with Crippen LogP contribution in [0.3, 0.4) is 0 Å². The van der Waals surface area contributed by atoms with Gasteiger partial charge in [0.05, 0.1) is 44.7 Å². The number of fused-ring (bicyclic) bond motifs is 8. The van der Waals surface area contributed by atoms with Gasteiger partial charge in [0.2, 0.25) is 5.72 Å². The van der Waals surface area contributed by atoms with E-state index in [4.69, 9.17) is 9.84 Å². The number of hydrogen-bond acceptors (Lipinski definition) is 3. The molecule has 0 amide bonds. The summed E-state index contributed by atoms with van der Waals surface area (Å²) in [7, 11) is 2.28. The maximum absolute atomic E-state index is 6.72. The van der Waals surface area contributed by atoms with Gasteiger partial charge in [0.25, 0.3) is 0 Å². The number of rotatable bonds is 0. The molecule has 2 aromatic rings. The lowest BCUT2D eigenvalue weighted by Gasteiger charge is -2.50. The first-order chi connectivity index (χ1) is 13.3. The number of quaternary nitrogens is 1. The maximum atomic E-state index is 6.72. The predicted molar refractivity (Wildman–Crippen MR) is 105 cm³/mol. The van der Waals surface area contributed by atoms with E-state index in [1.807, 2.05) is 0 Å². The second-order valence-corrected chi connectivity index (χ2v) is 8.62. The molecule has 1 N–H and O–H groups in total. The fraction of sp³-hybridized carbons (Fsp3) is 0.435. The van der Waals surface area contributed by atoms with Crippen LogP contribution >= 0.6 is 0 Å². The quantitative estimate of drug-likeness (QED) is 0.782. The fourth-order valence-electron chi connectivity index (χ4n) is 5.58. The van der Waals surface area contributed by atoms with Crippen LogP contribution in [-0.2, 0) is 6.42 Å². The number of hydrazone groups is 1. The monoisotopic (exact) mass is 360 g/mol. The minimum absolute atomic E-state index is 0.280. The van der Waals surface area contributed by atoms with Crippen LogP contribution in [0.1, 0.15) is 42.0 Å². The van der Waals surface area contributed by atoms with Crippen molar-refractivity contribution in [3.05, 3.63) is 65.2 Å². The third kappa shape index (κ3) is 2.16. The van der Waals surface area contributed by atoms with Crippen molar-refractivity contribution in [2.45, 2.75) is 37.5 Å². The van der Waals surface area contributed by atoms with Crippen molar-refractivity contribution in [3.8, 4) is 5.75 Å². The second kappa shape index (κ2) is 5.59. The highest BCUT2D eigenvalue weighted by atomic mass is 16.5. The van der Waals surface area contributed by atoms with E-state index in [9.17, 15) is 0 Å². The lowest BCUT2D eigenvalue weighted by Crippen LogP contribution is -3.11. The first-order valence-electron chi connectivity index (χ1n) is 10.3. The summed E-state index contributed by atoms with van der Waals surface area (Å²) in [4.78, 5) is 1.59. The zero-order valence-electron chi connectivity index (χ0n) is 15.8. The number of nitrogens with one attached hydrogen (secondary N) is 1. The Hall–Kier alpha value is -2.33. The summed E-state index contributed by atoms with van der Waals surface area (Å²) < 4.78 is 6.72. The Morgan fingerprint density at radius 2 is 1.85 bits per heavy atom. The summed E-state index contributed by atoms with van der Waals surface area (Å²) in [5.41, 5.74) is 5.13. The van der Waals surface area contributed by atoms with E-state index in [1.54, 1.807) is 4.90 Å². The van der Waals surface area contributed by atoms with E-state index in [0.29, 0.717) is 12.0 Å². The Morgan fingerprint density at radius 3 is 2.74 bits per heavy atom. The van der Waals surface area contributed by atoms with Gasteiger partial charge in [-0.05, 0) is 24.5 Å². The van der Waals surface area contributed by atoms with E-state index >= 15 is 0 Å². The molecule has 0 unspecified atom stereocenters. The second-order valence-electron chi connectivity index (χ2n) is 8.62. The molecule has 4 heteroatoms. The fourth-order valence-corrected chi connectivity index (χ4v) is 5.58. The van der Waals surface area contributed by atoms with Crippen molar-refractivity contribution < 1.29 is 9.64 Å². The lowest BCUT2D eigenvalue weighted by molar-refractivity contribution is -0.888. The summed E-state index contributed by atoms with van der Waals surface area (Å²) in [6, 6.07) is 17.8. The minimum atomic E-state index is -0.280. The van der Waals surface area contributed by atoms with Gasteiger partial charge in [-0.15, -0.1) is 0 Å². The van der Waals surface area contributed by atoms with Crippen LogP contribution in [0.25, 0.3) is 0 Å². The largest absolute Gasteiger partial charge is 0.466 e. The SMILES string of the molecule is C[NH+]1CCC2(CC1)Oc1ccccc1[C@@H]1[C@@H]3CCc4ccccc4C3=NN12. The molecule has 1 fully saturated rings. The third-order valence-corrected chi connectivity index (χ3v) is 7.07. The van der Waals surface area contributed by atoms with E-state index in [0.717, 1.165) is 38.1 Å². The van der Waals surface area contributed by atoms with Crippen LogP contribution < -0.4 is 9.64 Å². The normalized spacial score (nSPS) is 33.4. The zero-order chi connectivity index (χ0) is 18.0. The molecule has 1 aliphatic carbocycles. The average molecular weight is 360 g/mol. The Bertz CT molecular complexity index is 929. The molecule has 138 valence electrons. The van der Waals surface area contributed by atoms with Gasteiger partial charge in [0.15, 0.2) is 0 Å². The number of benzene rings is 2. The van der Waals surface area contributed by atoms with Crippen LogP contribution in [-0.4, -0.2) is 36.6 Å². The lowest BCUT2D eigenvalue weighted by atomic mass is 9.76. The van der Waals surface area contributed by atoms with Gasteiger partial charge in [-0.3, -0.25) is 0 Å². The topological polar surface area (TPSA) is 29.3 Å². The molecule has 1 spiro atoms. The molecular weight excluding hydrogens is 334 g/mol. The molecule has 1 saturated heterocycles. The molecule has 2 aromatic carbocycles. The van der Waals surface area contributed by atoms with Crippen LogP contribution in [0.4, 0.5) is 0 Å². The molecule has 4 aliphatic rings. The van der Waals surface area contributed by atoms with Crippen molar-refractivity contribution in [2.75, 3.05) is 20.1 Å². The number of piperidine rings is 1. The summed E-state index contributed by atoms with van der Waals surface area (Å²) in [5, 5.41) is 7.67. The highest BCUT2D eigenvalue weighted by Crippen LogP contribution is 2.53. The Labute approximate surface area is 160 Å². The van der Waals surface area contributed by atoms with Crippen LogP contribution in [0.15, 0.2) is 53.6 Å². The smallest absolute Gasteiger partial charge is 0.208 e. The molecule has 0 aromatic heterocycles. The number of nitrogens with zero attached hydrogens (tertiary/aromatic N) is 2. The van der Waals surface area contributed by atoms with E-state index < -0.39 is 0 Å². The van der Waals surface area contributed by atoms with Crippen molar-refractivity contribution >= 4 is 5.71 Å². The average Bonchev–Trinajstić information content (AvgIpc) is 3.12. The summed E-state index contributed by atoms with van der Waals surface area (Å²) in [6.07, 6.45) is 4.39. The highest BCUT2D eigenvalue weighted by molar-refractivity contribution is 6.05. The van der Waals surface area contributed by atoms with Gasteiger partial charge >= 0.3 is 0 Å². The standard InChI is InChI=1S/C23H25N3O/c1-25-14-12-23(13-15-25)26-22(18-8-4-5-9-20(18)27-23)19-11-10-16-6-2-3-7-17(16)21(19)24-26/h2-9,19,22H,10-15H2,1H3/p+1/t19-,22-/m1/s1. The van der Waals surface area contributed by atoms with Gasteiger partial charge in [-0.1, -0.05) is 42.5 Å². The molecule has 3 aliphatic heterocycles. The number of likely N-dealkylation sites (tertiary alicyclic amines) is 1. The summed E-state index contributed by atoms with van der Waals surface area (Å²) >= 11 is 0. The van der Waals surface area contributed by atoms with Crippen LogP contribution in [0.2, 0.25) is 0 Å². The number of ether oxygens (including phenoxy) is 1. The van der Waals surface area contributed by atoms with E-state index in [2.05, 4.69) is 60.6 Å².